The lowest BCUT2D eigenvalue weighted by Gasteiger charge is -2.09. The van der Waals surface area contributed by atoms with Gasteiger partial charge in [-0.2, -0.15) is 0 Å². The molecule has 0 amide bonds. The van der Waals surface area contributed by atoms with Crippen LogP contribution in [0.4, 0.5) is 0 Å². The zero-order valence-corrected chi connectivity index (χ0v) is 6.52. The molecule has 10 heavy (non-hydrogen) atoms. The van der Waals surface area contributed by atoms with Gasteiger partial charge in [0.25, 0.3) is 0 Å². The van der Waals surface area contributed by atoms with Crippen LogP contribution in [-0.4, -0.2) is 12.5 Å². The van der Waals surface area contributed by atoms with Gasteiger partial charge in [0.1, 0.15) is 0 Å². The van der Waals surface area contributed by atoms with Crippen molar-refractivity contribution in [3.63, 3.8) is 0 Å². The maximum Gasteiger partial charge on any atom is 0.183 e. The third kappa shape index (κ3) is 1.72. The van der Waals surface area contributed by atoms with Gasteiger partial charge in [0.15, 0.2) is 5.90 Å². The smallest absolute Gasteiger partial charge is 0.183 e. The van der Waals surface area contributed by atoms with E-state index in [4.69, 9.17) is 10.1 Å². The average molecular weight is 141 g/mol. The molecule has 1 aliphatic carbocycles. The molecule has 0 saturated heterocycles. The summed E-state index contributed by atoms with van der Waals surface area (Å²) >= 11 is 0. The predicted molar refractivity (Wildman–Crippen MR) is 41.3 cm³/mol. The van der Waals surface area contributed by atoms with Crippen molar-refractivity contribution in [1.29, 1.82) is 5.41 Å². The van der Waals surface area contributed by atoms with Crippen LogP contribution < -0.4 is 0 Å². The fourth-order valence-electron chi connectivity index (χ4n) is 1.46. The summed E-state index contributed by atoms with van der Waals surface area (Å²) in [6, 6.07) is 0. The Morgan fingerprint density at radius 3 is 2.60 bits per heavy atom. The highest BCUT2D eigenvalue weighted by Gasteiger charge is 2.20. The number of hydrogen-bond acceptors (Lipinski definition) is 2. The lowest BCUT2D eigenvalue weighted by Crippen LogP contribution is -2.13. The molecule has 58 valence electrons. The first-order valence-corrected chi connectivity index (χ1v) is 4.06. The van der Waals surface area contributed by atoms with E-state index >= 15 is 0 Å². The first-order chi connectivity index (χ1) is 4.84. The van der Waals surface area contributed by atoms with Gasteiger partial charge < -0.3 is 4.74 Å². The van der Waals surface area contributed by atoms with Crippen molar-refractivity contribution in [1.82, 2.24) is 0 Å². The van der Waals surface area contributed by atoms with Gasteiger partial charge in [-0.05, 0) is 19.8 Å². The zero-order chi connectivity index (χ0) is 7.40. The molecule has 0 spiro atoms. The van der Waals surface area contributed by atoms with Crippen molar-refractivity contribution >= 4 is 5.90 Å². The molecule has 0 aromatic carbocycles. The number of ether oxygens (including phenoxy) is 1. The van der Waals surface area contributed by atoms with Crippen LogP contribution >= 0.6 is 0 Å². The quantitative estimate of drug-likeness (QED) is 0.464. The third-order valence-corrected chi connectivity index (χ3v) is 2.03. The Balaban J connectivity index is 2.25. The summed E-state index contributed by atoms with van der Waals surface area (Å²) in [5, 5.41) is 7.46. The van der Waals surface area contributed by atoms with Crippen molar-refractivity contribution in [2.45, 2.75) is 32.6 Å². The lowest BCUT2D eigenvalue weighted by atomic mass is 10.1. The Labute approximate surface area is 62.1 Å². The van der Waals surface area contributed by atoms with Crippen LogP contribution in [0.2, 0.25) is 0 Å². The number of nitrogens with one attached hydrogen (secondary N) is 1. The predicted octanol–water partition coefficient (Wildman–Crippen LogP) is 2.19. The van der Waals surface area contributed by atoms with Crippen molar-refractivity contribution in [2.24, 2.45) is 5.92 Å². The monoisotopic (exact) mass is 141 g/mol. The Morgan fingerprint density at radius 1 is 1.50 bits per heavy atom. The summed E-state index contributed by atoms with van der Waals surface area (Å²) in [5.41, 5.74) is 0. The summed E-state index contributed by atoms with van der Waals surface area (Å²) in [6.07, 6.45) is 4.89. The molecule has 0 aromatic rings. The van der Waals surface area contributed by atoms with E-state index in [0.717, 1.165) is 0 Å². The van der Waals surface area contributed by atoms with Crippen LogP contribution in [0, 0.1) is 11.3 Å². The minimum atomic E-state index is 0.444. The molecular weight excluding hydrogens is 126 g/mol. The van der Waals surface area contributed by atoms with Crippen LogP contribution in [0.3, 0.4) is 0 Å². The molecular formula is C8H15NO. The average Bonchev–Trinajstić information content (AvgIpc) is 2.38. The van der Waals surface area contributed by atoms with Gasteiger partial charge in [-0.15, -0.1) is 0 Å². The molecule has 0 heterocycles. The molecule has 2 nitrogen and oxygen atoms in total. The first-order valence-electron chi connectivity index (χ1n) is 4.06. The Hall–Kier alpha value is -0.530. The SMILES string of the molecule is CCOC(=N)C1CCCC1. The normalized spacial score (nSPS) is 19.3. The molecule has 0 aromatic heterocycles. The Kier molecular flexibility index (Phi) is 2.72. The summed E-state index contributed by atoms with van der Waals surface area (Å²) in [4.78, 5) is 0. The highest BCUT2D eigenvalue weighted by molar-refractivity contribution is 5.75. The molecule has 0 bridgehead atoms. The molecule has 0 atom stereocenters. The van der Waals surface area contributed by atoms with Crippen molar-refractivity contribution in [3.05, 3.63) is 0 Å². The summed E-state index contributed by atoms with van der Waals surface area (Å²) in [7, 11) is 0. The van der Waals surface area contributed by atoms with Crippen molar-refractivity contribution < 1.29 is 4.74 Å². The first kappa shape index (κ1) is 7.58. The van der Waals surface area contributed by atoms with E-state index in [1.165, 1.54) is 25.7 Å². The Morgan fingerprint density at radius 2 is 2.10 bits per heavy atom. The zero-order valence-electron chi connectivity index (χ0n) is 6.52. The molecule has 0 radical (unpaired) electrons. The molecule has 1 rings (SSSR count). The number of hydrogen-bond donors (Lipinski definition) is 1. The van der Waals surface area contributed by atoms with Gasteiger partial charge in [0, 0.05) is 5.92 Å². The molecule has 1 N–H and O–H groups in total. The van der Waals surface area contributed by atoms with Crippen LogP contribution in [0.25, 0.3) is 0 Å². The Bertz CT molecular complexity index is 116. The fourth-order valence-corrected chi connectivity index (χ4v) is 1.46. The third-order valence-electron chi connectivity index (χ3n) is 2.03. The van der Waals surface area contributed by atoms with E-state index in [2.05, 4.69) is 0 Å². The molecule has 1 saturated carbocycles. The van der Waals surface area contributed by atoms with E-state index in [-0.39, 0.29) is 0 Å². The minimum Gasteiger partial charge on any atom is -0.481 e. The van der Waals surface area contributed by atoms with Gasteiger partial charge in [-0.25, -0.2) is 0 Å². The molecule has 1 aliphatic rings. The molecule has 0 unspecified atom stereocenters. The maximum atomic E-state index is 7.46. The second kappa shape index (κ2) is 3.59. The van der Waals surface area contributed by atoms with Gasteiger partial charge in [0.05, 0.1) is 6.61 Å². The van der Waals surface area contributed by atoms with Crippen molar-refractivity contribution in [2.75, 3.05) is 6.61 Å². The highest BCUT2D eigenvalue weighted by Crippen LogP contribution is 2.25. The van der Waals surface area contributed by atoms with E-state index in [1.807, 2.05) is 6.92 Å². The molecule has 2 heteroatoms. The molecule has 1 fully saturated rings. The second-order valence-corrected chi connectivity index (χ2v) is 2.78. The highest BCUT2D eigenvalue weighted by atomic mass is 16.5. The lowest BCUT2D eigenvalue weighted by molar-refractivity contribution is 0.296. The van der Waals surface area contributed by atoms with Gasteiger partial charge in [-0.3, -0.25) is 5.41 Å². The van der Waals surface area contributed by atoms with Crippen molar-refractivity contribution in [3.8, 4) is 0 Å². The van der Waals surface area contributed by atoms with Gasteiger partial charge in [0.2, 0.25) is 0 Å². The van der Waals surface area contributed by atoms with Gasteiger partial charge in [-0.1, -0.05) is 12.8 Å². The topological polar surface area (TPSA) is 33.1 Å². The standard InChI is InChI=1S/C8H15NO/c1-2-10-8(9)7-5-3-4-6-7/h7,9H,2-6H2,1H3. The van der Waals surface area contributed by atoms with Crippen LogP contribution in [0.1, 0.15) is 32.6 Å². The molecule has 0 aliphatic heterocycles. The van der Waals surface area contributed by atoms with Crippen LogP contribution in [-0.2, 0) is 4.74 Å². The minimum absolute atomic E-state index is 0.444. The summed E-state index contributed by atoms with van der Waals surface area (Å²) in [6.45, 7) is 2.58. The van der Waals surface area contributed by atoms with E-state index in [0.29, 0.717) is 18.4 Å². The van der Waals surface area contributed by atoms with Crippen LogP contribution in [0.15, 0.2) is 0 Å². The summed E-state index contributed by atoms with van der Waals surface area (Å²) < 4.78 is 5.11. The van der Waals surface area contributed by atoms with Gasteiger partial charge >= 0.3 is 0 Å². The van der Waals surface area contributed by atoms with Crippen LogP contribution in [0.5, 0.6) is 0 Å². The summed E-state index contributed by atoms with van der Waals surface area (Å²) in [5.74, 6) is 0.958. The maximum absolute atomic E-state index is 7.46. The van der Waals surface area contributed by atoms with E-state index in [1.54, 1.807) is 0 Å². The second-order valence-electron chi connectivity index (χ2n) is 2.78. The fraction of sp³-hybridized carbons (Fsp3) is 0.875. The van der Waals surface area contributed by atoms with E-state index in [9.17, 15) is 0 Å². The van der Waals surface area contributed by atoms with E-state index < -0.39 is 0 Å². The number of rotatable bonds is 2. The largest absolute Gasteiger partial charge is 0.481 e.